The van der Waals surface area contributed by atoms with Crippen LogP contribution in [0.3, 0.4) is 0 Å². The topological polar surface area (TPSA) is 51.2 Å². The lowest BCUT2D eigenvalue weighted by molar-refractivity contribution is -0.131. The third-order valence-electron chi connectivity index (χ3n) is 1.14. The van der Waals surface area contributed by atoms with Crippen molar-refractivity contribution in [1.29, 1.82) is 0 Å². The molecule has 0 aromatic rings. The van der Waals surface area contributed by atoms with E-state index >= 15 is 0 Å². The molecule has 54 valence electrons. The Morgan fingerprint density at radius 3 is 2.40 bits per heavy atom. The van der Waals surface area contributed by atoms with Crippen LogP contribution < -0.4 is 0 Å². The molecule has 5 heteroatoms. The second-order valence-electron chi connectivity index (χ2n) is 1.81. The van der Waals surface area contributed by atoms with Crippen molar-refractivity contribution < 1.29 is 14.4 Å². The first-order valence-electron chi connectivity index (χ1n) is 2.51. The third-order valence-corrected chi connectivity index (χ3v) is 2.31. The van der Waals surface area contributed by atoms with Crippen LogP contribution in [0.5, 0.6) is 0 Å². The van der Waals surface area contributed by atoms with E-state index in [1.54, 1.807) is 0 Å². The van der Waals surface area contributed by atoms with Gasteiger partial charge in [-0.15, -0.1) is 0 Å². The van der Waals surface area contributed by atoms with E-state index in [0.29, 0.717) is 0 Å². The summed E-state index contributed by atoms with van der Waals surface area (Å²) in [5.41, 5.74) is 0. The number of rotatable bonds is 1. The highest BCUT2D eigenvalue weighted by Crippen LogP contribution is 2.23. The van der Waals surface area contributed by atoms with Gasteiger partial charge in [0, 0.05) is 0 Å². The summed E-state index contributed by atoms with van der Waals surface area (Å²) in [6, 6.07) is 0. The quantitative estimate of drug-likeness (QED) is 0.426. The fourth-order valence-electron chi connectivity index (χ4n) is 0.660. The summed E-state index contributed by atoms with van der Waals surface area (Å²) in [4.78, 5) is 31.7. The van der Waals surface area contributed by atoms with Gasteiger partial charge in [-0.2, -0.15) is 0 Å². The van der Waals surface area contributed by atoms with Crippen molar-refractivity contribution >= 4 is 39.5 Å². The van der Waals surface area contributed by atoms with E-state index in [0.717, 1.165) is 11.8 Å². The van der Waals surface area contributed by atoms with Gasteiger partial charge in [-0.05, 0) is 11.6 Å². The summed E-state index contributed by atoms with van der Waals surface area (Å²) < 4.78 is 0. The Bertz CT molecular complexity index is 197. The average molecular weight is 179 g/mol. The molecule has 0 aromatic heterocycles. The monoisotopic (exact) mass is 178 g/mol. The Hall–Kier alpha value is -0.350. The molecule has 0 aromatic carbocycles. The molecule has 0 N–H and O–H groups in total. The molecule has 0 saturated carbocycles. The highest BCUT2D eigenvalue weighted by molar-refractivity contribution is 8.15. The van der Waals surface area contributed by atoms with Crippen molar-refractivity contribution in [2.45, 2.75) is 0 Å². The van der Waals surface area contributed by atoms with Gasteiger partial charge in [0.2, 0.25) is 10.4 Å². The van der Waals surface area contributed by atoms with Gasteiger partial charge in [-0.3, -0.25) is 14.4 Å². The SMILES string of the molecule is O=C(Cl)C1C(=O)CSC1=O. The second kappa shape index (κ2) is 2.72. The molecule has 3 nitrogen and oxygen atoms in total. The second-order valence-corrected chi connectivity index (χ2v) is 3.16. The van der Waals surface area contributed by atoms with Crippen molar-refractivity contribution in [2.24, 2.45) is 5.92 Å². The Kier molecular flexibility index (Phi) is 2.11. The summed E-state index contributed by atoms with van der Waals surface area (Å²) in [6.45, 7) is 0. The highest BCUT2D eigenvalue weighted by atomic mass is 35.5. The smallest absolute Gasteiger partial charge is 0.240 e. The molecular weight excluding hydrogens is 176 g/mol. The van der Waals surface area contributed by atoms with Crippen molar-refractivity contribution in [3.8, 4) is 0 Å². The Labute approximate surface area is 66.1 Å². The number of carbonyl (C=O) groups excluding carboxylic acids is 3. The van der Waals surface area contributed by atoms with Gasteiger partial charge in [0.1, 0.15) is 0 Å². The van der Waals surface area contributed by atoms with Crippen LogP contribution in [0.4, 0.5) is 0 Å². The largest absolute Gasteiger partial charge is 0.297 e. The number of ketones is 1. The van der Waals surface area contributed by atoms with Gasteiger partial charge in [0.05, 0.1) is 5.75 Å². The lowest BCUT2D eigenvalue weighted by Gasteiger charge is -1.94. The number of thioether (sulfide) groups is 1. The summed E-state index contributed by atoms with van der Waals surface area (Å²) in [5.74, 6) is -1.48. The van der Waals surface area contributed by atoms with E-state index < -0.39 is 16.3 Å². The van der Waals surface area contributed by atoms with Gasteiger partial charge in [-0.1, -0.05) is 11.8 Å². The number of halogens is 1. The van der Waals surface area contributed by atoms with E-state index in [4.69, 9.17) is 11.6 Å². The van der Waals surface area contributed by atoms with Crippen LogP contribution in [0.1, 0.15) is 0 Å². The molecular formula is C5H3ClO3S. The zero-order valence-electron chi connectivity index (χ0n) is 4.80. The molecule has 0 radical (unpaired) electrons. The molecule has 1 fully saturated rings. The minimum atomic E-state index is -1.19. The number of carbonyl (C=O) groups is 3. The maximum atomic E-state index is 10.7. The van der Waals surface area contributed by atoms with Gasteiger partial charge in [-0.25, -0.2) is 0 Å². The fourth-order valence-corrected chi connectivity index (χ4v) is 1.80. The molecule has 1 rings (SSSR count). The Balaban J connectivity index is 2.82. The van der Waals surface area contributed by atoms with Crippen LogP contribution in [-0.2, 0) is 14.4 Å². The summed E-state index contributed by atoms with van der Waals surface area (Å²) in [5, 5.41) is -1.29. The number of Topliss-reactive ketones (excluding diaryl/α,β-unsaturated/α-hetero) is 1. The van der Waals surface area contributed by atoms with Crippen molar-refractivity contribution in [1.82, 2.24) is 0 Å². The molecule has 1 unspecified atom stereocenters. The molecule has 0 spiro atoms. The normalized spacial score (nSPS) is 25.5. The van der Waals surface area contributed by atoms with Crippen LogP contribution >= 0.6 is 23.4 Å². The molecule has 1 saturated heterocycles. The molecule has 1 aliphatic heterocycles. The maximum absolute atomic E-state index is 10.7. The van der Waals surface area contributed by atoms with Crippen LogP contribution in [0.15, 0.2) is 0 Å². The van der Waals surface area contributed by atoms with E-state index in [-0.39, 0.29) is 11.5 Å². The van der Waals surface area contributed by atoms with E-state index in [2.05, 4.69) is 0 Å². The standard InChI is InChI=1S/C5H3ClO3S/c6-4(8)3-2(7)1-10-5(3)9/h3H,1H2. The third kappa shape index (κ3) is 1.22. The Morgan fingerprint density at radius 2 is 2.20 bits per heavy atom. The van der Waals surface area contributed by atoms with Crippen LogP contribution in [0.2, 0.25) is 0 Å². The molecule has 1 aliphatic rings. The van der Waals surface area contributed by atoms with Gasteiger partial charge in [0.15, 0.2) is 11.7 Å². The lowest BCUT2D eigenvalue weighted by atomic mass is 10.1. The zero-order chi connectivity index (χ0) is 7.72. The minimum Gasteiger partial charge on any atom is -0.297 e. The minimum absolute atomic E-state index is 0.0853. The van der Waals surface area contributed by atoms with Crippen molar-refractivity contribution in [2.75, 3.05) is 5.75 Å². The summed E-state index contributed by atoms with van der Waals surface area (Å²) in [6.07, 6.45) is 0. The van der Waals surface area contributed by atoms with Gasteiger partial charge >= 0.3 is 0 Å². The lowest BCUT2D eigenvalue weighted by Crippen LogP contribution is -2.20. The summed E-state index contributed by atoms with van der Waals surface area (Å²) in [7, 11) is 0. The van der Waals surface area contributed by atoms with E-state index in [1.165, 1.54) is 0 Å². The molecule has 0 amide bonds. The van der Waals surface area contributed by atoms with Crippen LogP contribution in [0.25, 0.3) is 0 Å². The van der Waals surface area contributed by atoms with Crippen LogP contribution in [-0.4, -0.2) is 21.9 Å². The first-order valence-corrected chi connectivity index (χ1v) is 3.88. The van der Waals surface area contributed by atoms with Crippen LogP contribution in [0, 0.1) is 5.92 Å². The van der Waals surface area contributed by atoms with Gasteiger partial charge in [0.25, 0.3) is 0 Å². The van der Waals surface area contributed by atoms with Crippen molar-refractivity contribution in [3.05, 3.63) is 0 Å². The maximum Gasteiger partial charge on any atom is 0.240 e. The predicted octanol–water partition coefficient (Wildman–Crippen LogP) is 0.210. The first-order chi connectivity index (χ1) is 4.63. The highest BCUT2D eigenvalue weighted by Gasteiger charge is 2.38. The molecule has 1 atom stereocenters. The zero-order valence-corrected chi connectivity index (χ0v) is 6.37. The fraction of sp³-hybridized carbons (Fsp3) is 0.400. The first kappa shape index (κ1) is 7.75. The number of hydrogen-bond donors (Lipinski definition) is 0. The Morgan fingerprint density at radius 1 is 1.60 bits per heavy atom. The van der Waals surface area contributed by atoms with E-state index in [1.807, 2.05) is 0 Å². The van der Waals surface area contributed by atoms with Crippen molar-refractivity contribution in [3.63, 3.8) is 0 Å². The molecule has 0 bridgehead atoms. The molecule has 10 heavy (non-hydrogen) atoms. The number of hydrogen-bond acceptors (Lipinski definition) is 4. The van der Waals surface area contributed by atoms with Gasteiger partial charge < -0.3 is 0 Å². The average Bonchev–Trinajstić information content (AvgIpc) is 2.11. The van der Waals surface area contributed by atoms with E-state index in [9.17, 15) is 14.4 Å². The molecule has 1 heterocycles. The predicted molar refractivity (Wildman–Crippen MR) is 36.8 cm³/mol. The molecule has 0 aliphatic carbocycles. The summed E-state index contributed by atoms with van der Waals surface area (Å²) >= 11 is 5.83.